The maximum Gasteiger partial charge on any atom is 0.294 e. The molecule has 2 aliphatic heterocycles. The van der Waals surface area contributed by atoms with E-state index in [1.807, 2.05) is 37.3 Å². The number of carbonyl (C=O) groups is 3. The van der Waals surface area contributed by atoms with Gasteiger partial charge in [0.1, 0.15) is 13.2 Å². The molecule has 0 bridgehead atoms. The van der Waals surface area contributed by atoms with Crippen molar-refractivity contribution in [2.75, 3.05) is 39.5 Å². The van der Waals surface area contributed by atoms with Gasteiger partial charge in [0.15, 0.2) is 11.5 Å². The van der Waals surface area contributed by atoms with E-state index in [1.165, 1.54) is 0 Å². The van der Waals surface area contributed by atoms with Gasteiger partial charge in [-0.05, 0) is 58.8 Å². The topological polar surface area (TPSA) is 85.4 Å². The molecule has 0 aliphatic carbocycles. The van der Waals surface area contributed by atoms with Crippen molar-refractivity contribution in [3.05, 3.63) is 76.7 Å². The minimum atomic E-state index is -0.476. The molecule has 2 heterocycles. The van der Waals surface area contributed by atoms with E-state index in [4.69, 9.17) is 14.2 Å². The molecule has 3 aromatic carbocycles. The van der Waals surface area contributed by atoms with E-state index in [0.29, 0.717) is 56.6 Å². The Morgan fingerprint density at radius 3 is 2.61 bits per heavy atom. The lowest BCUT2D eigenvalue weighted by Crippen LogP contribution is -2.46. The van der Waals surface area contributed by atoms with Crippen molar-refractivity contribution >= 4 is 45.7 Å². The number of amides is 3. The normalized spacial score (nSPS) is 16.9. The van der Waals surface area contributed by atoms with Gasteiger partial charge in [0.2, 0.25) is 5.91 Å². The van der Waals surface area contributed by atoms with Gasteiger partial charge in [-0.3, -0.25) is 19.3 Å². The quantitative estimate of drug-likeness (QED) is 0.389. The van der Waals surface area contributed by atoms with Crippen molar-refractivity contribution in [1.82, 2.24) is 9.80 Å². The summed E-state index contributed by atoms with van der Waals surface area (Å²) in [7, 11) is 0. The number of hydrogen-bond donors (Lipinski definition) is 0. The molecule has 3 amide bonds. The van der Waals surface area contributed by atoms with Crippen molar-refractivity contribution < 1.29 is 28.6 Å². The number of morpholine rings is 1. The molecule has 2 fully saturated rings. The molecule has 0 radical (unpaired) electrons. The smallest absolute Gasteiger partial charge is 0.294 e. The Balaban J connectivity index is 1.30. The third kappa shape index (κ3) is 5.69. The number of thioether (sulfide) groups is 1. The number of imide groups is 1. The van der Waals surface area contributed by atoms with E-state index < -0.39 is 11.1 Å². The van der Waals surface area contributed by atoms with Gasteiger partial charge >= 0.3 is 0 Å². The lowest BCUT2D eigenvalue weighted by molar-refractivity contribution is -0.139. The molecule has 0 N–H and O–H groups in total. The Labute approximate surface area is 225 Å². The van der Waals surface area contributed by atoms with Crippen LogP contribution in [-0.2, 0) is 20.9 Å². The first-order valence-electron chi connectivity index (χ1n) is 12.5. The molecule has 0 aromatic heterocycles. The molecular weight excluding hydrogens is 504 g/mol. The van der Waals surface area contributed by atoms with Crippen molar-refractivity contribution in [1.29, 1.82) is 0 Å². The average Bonchev–Trinajstić information content (AvgIpc) is 3.20. The lowest BCUT2D eigenvalue weighted by atomic mass is 10.1. The second-order valence-corrected chi connectivity index (χ2v) is 9.82. The summed E-state index contributed by atoms with van der Waals surface area (Å²) in [5, 5.41) is 1.82. The van der Waals surface area contributed by atoms with Crippen molar-refractivity contribution in [3.63, 3.8) is 0 Å². The van der Waals surface area contributed by atoms with Crippen LogP contribution in [0.1, 0.15) is 18.1 Å². The van der Waals surface area contributed by atoms with Gasteiger partial charge < -0.3 is 19.1 Å². The molecule has 2 aliphatic rings. The third-order valence-corrected chi connectivity index (χ3v) is 7.27. The Kier molecular flexibility index (Phi) is 7.95. The molecule has 0 saturated carbocycles. The molecule has 2 saturated heterocycles. The van der Waals surface area contributed by atoms with Crippen molar-refractivity contribution in [2.45, 2.75) is 13.5 Å². The van der Waals surface area contributed by atoms with Gasteiger partial charge in [-0.25, -0.2) is 0 Å². The molecular formula is C29H28N2O6S. The second-order valence-electron chi connectivity index (χ2n) is 8.83. The van der Waals surface area contributed by atoms with Crippen molar-refractivity contribution in [2.24, 2.45) is 0 Å². The van der Waals surface area contributed by atoms with Crippen LogP contribution >= 0.6 is 11.8 Å². The summed E-state index contributed by atoms with van der Waals surface area (Å²) in [6, 6.07) is 19.7. The molecule has 0 unspecified atom stereocenters. The van der Waals surface area contributed by atoms with Crippen LogP contribution in [0.5, 0.6) is 11.5 Å². The van der Waals surface area contributed by atoms with E-state index >= 15 is 0 Å². The number of rotatable bonds is 8. The number of fused-ring (bicyclic) bond motifs is 1. The van der Waals surface area contributed by atoms with Gasteiger partial charge in [0, 0.05) is 13.1 Å². The minimum absolute atomic E-state index is 0.261. The number of benzene rings is 3. The van der Waals surface area contributed by atoms with E-state index in [2.05, 4.69) is 18.2 Å². The molecule has 8 nitrogen and oxygen atoms in total. The van der Waals surface area contributed by atoms with Crippen LogP contribution in [0, 0.1) is 0 Å². The van der Waals surface area contributed by atoms with Gasteiger partial charge in [-0.15, -0.1) is 0 Å². The fraction of sp³-hybridized carbons (Fsp3) is 0.276. The highest BCUT2D eigenvalue weighted by atomic mass is 32.2. The van der Waals surface area contributed by atoms with Crippen LogP contribution in [-0.4, -0.2) is 66.3 Å². The monoisotopic (exact) mass is 532 g/mol. The highest BCUT2D eigenvalue weighted by Crippen LogP contribution is 2.35. The first kappa shape index (κ1) is 25.8. The summed E-state index contributed by atoms with van der Waals surface area (Å²) in [5.74, 6) is 0.392. The van der Waals surface area contributed by atoms with Gasteiger partial charge in [-0.1, -0.05) is 48.5 Å². The largest absolute Gasteiger partial charge is 0.490 e. The first-order valence-corrected chi connectivity index (χ1v) is 13.3. The second kappa shape index (κ2) is 11.7. The summed E-state index contributed by atoms with van der Waals surface area (Å²) in [4.78, 5) is 40.9. The summed E-state index contributed by atoms with van der Waals surface area (Å²) >= 11 is 0.828. The number of ether oxygens (including phenoxy) is 3. The van der Waals surface area contributed by atoms with Crippen LogP contribution in [0.2, 0.25) is 0 Å². The van der Waals surface area contributed by atoms with Crippen LogP contribution in [0.15, 0.2) is 65.6 Å². The standard InChI is InChI=1S/C29H28N2O6S/c1-2-36-25-16-20(10-11-24(25)37-19-22-8-5-7-21-6-3-4-9-23(21)22)17-26-28(33)31(29(34)38-26)18-27(32)30-12-14-35-15-13-30/h3-11,16-17H,2,12-15,18-19H2,1H3/b26-17-. The molecule has 9 heteroatoms. The molecule has 196 valence electrons. The average molecular weight is 533 g/mol. The lowest BCUT2D eigenvalue weighted by Gasteiger charge is -2.28. The van der Waals surface area contributed by atoms with Crippen LogP contribution < -0.4 is 9.47 Å². The third-order valence-electron chi connectivity index (χ3n) is 6.36. The fourth-order valence-electron chi connectivity index (χ4n) is 4.41. The maximum atomic E-state index is 12.9. The first-order chi connectivity index (χ1) is 18.5. The van der Waals surface area contributed by atoms with Crippen LogP contribution in [0.4, 0.5) is 4.79 Å². The number of hydrogen-bond acceptors (Lipinski definition) is 7. The van der Waals surface area contributed by atoms with Gasteiger partial charge in [0.25, 0.3) is 11.1 Å². The van der Waals surface area contributed by atoms with Crippen molar-refractivity contribution in [3.8, 4) is 11.5 Å². The SMILES string of the molecule is CCOc1cc(/C=C2\SC(=O)N(CC(=O)N3CCOCC3)C2=O)ccc1OCc1cccc2ccccc12. The van der Waals surface area contributed by atoms with E-state index in [-0.39, 0.29) is 17.4 Å². The Morgan fingerprint density at radius 1 is 1.00 bits per heavy atom. The summed E-state index contributed by atoms with van der Waals surface area (Å²) in [5.41, 5.74) is 1.76. The van der Waals surface area contributed by atoms with E-state index in [0.717, 1.165) is 33.0 Å². The molecule has 5 rings (SSSR count). The van der Waals surface area contributed by atoms with Crippen LogP contribution in [0.3, 0.4) is 0 Å². The van der Waals surface area contributed by atoms with E-state index in [9.17, 15) is 14.4 Å². The molecule has 0 spiro atoms. The van der Waals surface area contributed by atoms with E-state index in [1.54, 1.807) is 23.1 Å². The molecule has 3 aromatic rings. The maximum absolute atomic E-state index is 12.9. The predicted molar refractivity (Wildman–Crippen MR) is 146 cm³/mol. The number of nitrogens with zero attached hydrogens (tertiary/aromatic N) is 2. The zero-order valence-electron chi connectivity index (χ0n) is 21.1. The van der Waals surface area contributed by atoms with Crippen LogP contribution in [0.25, 0.3) is 16.8 Å². The zero-order valence-corrected chi connectivity index (χ0v) is 21.9. The highest BCUT2D eigenvalue weighted by molar-refractivity contribution is 8.18. The summed E-state index contributed by atoms with van der Waals surface area (Å²) in [6.45, 7) is 4.25. The van der Waals surface area contributed by atoms with Gasteiger partial charge in [-0.2, -0.15) is 0 Å². The highest BCUT2D eigenvalue weighted by Gasteiger charge is 2.37. The molecule has 38 heavy (non-hydrogen) atoms. The molecule has 0 atom stereocenters. The Bertz CT molecular complexity index is 1390. The van der Waals surface area contributed by atoms with Gasteiger partial charge in [0.05, 0.1) is 24.7 Å². The fourth-order valence-corrected chi connectivity index (χ4v) is 5.25. The number of carbonyl (C=O) groups excluding carboxylic acids is 3. The Hall–Kier alpha value is -3.82. The zero-order chi connectivity index (χ0) is 26.5. The Morgan fingerprint density at radius 2 is 1.79 bits per heavy atom. The minimum Gasteiger partial charge on any atom is -0.490 e. The summed E-state index contributed by atoms with van der Waals surface area (Å²) < 4.78 is 17.2. The predicted octanol–water partition coefficient (Wildman–Crippen LogP) is 4.71. The summed E-state index contributed by atoms with van der Waals surface area (Å²) in [6.07, 6.45) is 1.64.